The second-order valence-corrected chi connectivity index (χ2v) is 6.61. The molecule has 0 radical (unpaired) electrons. The minimum absolute atomic E-state index is 0.0450. The molecule has 110 valence electrons. The van der Waals surface area contributed by atoms with Crippen molar-refractivity contribution in [2.75, 3.05) is 13.2 Å². The summed E-state index contributed by atoms with van der Waals surface area (Å²) in [5.74, 6) is 1.47. The van der Waals surface area contributed by atoms with Crippen molar-refractivity contribution in [2.24, 2.45) is 5.92 Å². The van der Waals surface area contributed by atoms with Gasteiger partial charge in [-0.1, -0.05) is 37.3 Å². The van der Waals surface area contributed by atoms with Crippen LogP contribution in [0.3, 0.4) is 0 Å². The molecule has 2 aliphatic rings. The number of hydrogen-bond acceptors (Lipinski definition) is 2. The summed E-state index contributed by atoms with van der Waals surface area (Å²) in [7, 11) is 0. The van der Waals surface area contributed by atoms with Crippen LogP contribution < -0.4 is 5.32 Å². The first-order chi connectivity index (χ1) is 9.74. The van der Waals surface area contributed by atoms with Gasteiger partial charge in [-0.3, -0.25) is 0 Å². The molecular weight excluding hydrogens is 246 g/mol. The molecular formula is C18H27NO. The highest BCUT2D eigenvalue weighted by molar-refractivity contribution is 5.27. The Hall–Kier alpha value is -0.860. The maximum absolute atomic E-state index is 6.12. The third kappa shape index (κ3) is 2.77. The van der Waals surface area contributed by atoms with Crippen LogP contribution in [0.5, 0.6) is 0 Å². The highest BCUT2D eigenvalue weighted by Crippen LogP contribution is 2.53. The molecule has 4 atom stereocenters. The molecule has 2 fully saturated rings. The summed E-state index contributed by atoms with van der Waals surface area (Å²) in [6.45, 7) is 6.59. The fourth-order valence-corrected chi connectivity index (χ4v) is 3.83. The van der Waals surface area contributed by atoms with Crippen LogP contribution in [0.4, 0.5) is 0 Å². The van der Waals surface area contributed by atoms with Gasteiger partial charge in [-0.05, 0) is 56.6 Å². The topological polar surface area (TPSA) is 21.3 Å². The van der Waals surface area contributed by atoms with Gasteiger partial charge < -0.3 is 10.1 Å². The minimum atomic E-state index is 0.0450. The van der Waals surface area contributed by atoms with E-state index in [-0.39, 0.29) is 5.60 Å². The van der Waals surface area contributed by atoms with Gasteiger partial charge in [0.1, 0.15) is 0 Å². The Kier molecular flexibility index (Phi) is 4.13. The normalized spacial score (nSPS) is 34.1. The van der Waals surface area contributed by atoms with E-state index in [0.29, 0.717) is 6.04 Å². The highest BCUT2D eigenvalue weighted by atomic mass is 16.5. The molecule has 0 aromatic heterocycles. The standard InChI is InChI=1S/C18H27NO/c1-3-11-19-17(18(2)10-7-12-20-18)16-13-15(16)14-8-5-4-6-9-14/h4-6,8-9,15-17,19H,3,7,10-13H2,1-2H3. The molecule has 2 heteroatoms. The molecule has 1 heterocycles. The van der Waals surface area contributed by atoms with E-state index in [9.17, 15) is 0 Å². The lowest BCUT2D eigenvalue weighted by Crippen LogP contribution is -2.50. The molecule has 0 bridgehead atoms. The molecule has 0 amide bonds. The van der Waals surface area contributed by atoms with E-state index in [1.165, 1.54) is 31.2 Å². The van der Waals surface area contributed by atoms with Gasteiger partial charge in [0.2, 0.25) is 0 Å². The highest BCUT2D eigenvalue weighted by Gasteiger charge is 2.51. The second-order valence-electron chi connectivity index (χ2n) is 6.61. The number of ether oxygens (including phenoxy) is 1. The van der Waals surface area contributed by atoms with Crippen molar-refractivity contribution < 1.29 is 4.74 Å². The number of hydrogen-bond donors (Lipinski definition) is 1. The Balaban J connectivity index is 1.71. The van der Waals surface area contributed by atoms with Gasteiger partial charge in [-0.2, -0.15) is 0 Å². The monoisotopic (exact) mass is 273 g/mol. The quantitative estimate of drug-likeness (QED) is 0.853. The molecule has 20 heavy (non-hydrogen) atoms. The van der Waals surface area contributed by atoms with Crippen molar-refractivity contribution in [3.63, 3.8) is 0 Å². The van der Waals surface area contributed by atoms with Crippen LogP contribution in [-0.2, 0) is 4.74 Å². The zero-order chi connectivity index (χ0) is 14.0. The first kappa shape index (κ1) is 14.1. The molecule has 3 rings (SSSR count). The van der Waals surface area contributed by atoms with Crippen LogP contribution in [0, 0.1) is 5.92 Å². The van der Waals surface area contributed by atoms with Gasteiger partial charge in [0, 0.05) is 12.6 Å². The van der Waals surface area contributed by atoms with E-state index < -0.39 is 0 Å². The van der Waals surface area contributed by atoms with Crippen LogP contribution in [0.2, 0.25) is 0 Å². The molecule has 1 aliphatic heterocycles. The second kappa shape index (κ2) is 5.87. The first-order valence-electron chi connectivity index (χ1n) is 8.17. The summed E-state index contributed by atoms with van der Waals surface area (Å²) in [6, 6.07) is 11.5. The van der Waals surface area contributed by atoms with Gasteiger partial charge >= 0.3 is 0 Å². The van der Waals surface area contributed by atoms with E-state index in [0.717, 1.165) is 25.0 Å². The van der Waals surface area contributed by atoms with Crippen LogP contribution >= 0.6 is 0 Å². The third-order valence-corrected chi connectivity index (χ3v) is 5.02. The average Bonchev–Trinajstić information content (AvgIpc) is 3.14. The Bertz CT molecular complexity index is 424. The summed E-state index contributed by atoms with van der Waals surface area (Å²) in [6.07, 6.45) is 4.91. The summed E-state index contributed by atoms with van der Waals surface area (Å²) in [5, 5.41) is 3.79. The molecule has 4 unspecified atom stereocenters. The molecule has 1 aromatic carbocycles. The third-order valence-electron chi connectivity index (χ3n) is 5.02. The lowest BCUT2D eigenvalue weighted by atomic mass is 9.88. The van der Waals surface area contributed by atoms with Crippen LogP contribution in [0.1, 0.15) is 51.0 Å². The maximum atomic E-state index is 6.12. The average molecular weight is 273 g/mol. The van der Waals surface area contributed by atoms with Crippen molar-refractivity contribution in [3.05, 3.63) is 35.9 Å². The van der Waals surface area contributed by atoms with Gasteiger partial charge in [0.05, 0.1) is 5.60 Å². The zero-order valence-electron chi connectivity index (χ0n) is 12.8. The number of rotatable bonds is 6. The smallest absolute Gasteiger partial charge is 0.0810 e. The molecule has 1 aromatic rings. The fourth-order valence-electron chi connectivity index (χ4n) is 3.83. The lowest BCUT2D eigenvalue weighted by Gasteiger charge is -2.35. The van der Waals surface area contributed by atoms with Gasteiger partial charge in [-0.15, -0.1) is 0 Å². The molecule has 1 saturated heterocycles. The van der Waals surface area contributed by atoms with Crippen LogP contribution in [0.15, 0.2) is 30.3 Å². The Labute approximate surface area is 122 Å². The SMILES string of the molecule is CCCNC(C1CC1c1ccccc1)C1(C)CCCO1. The van der Waals surface area contributed by atoms with E-state index in [1.807, 2.05) is 0 Å². The summed E-state index contributed by atoms with van der Waals surface area (Å²) >= 11 is 0. The predicted molar refractivity (Wildman–Crippen MR) is 83.0 cm³/mol. The molecule has 1 aliphatic carbocycles. The van der Waals surface area contributed by atoms with Gasteiger partial charge in [0.25, 0.3) is 0 Å². The zero-order valence-corrected chi connectivity index (χ0v) is 12.8. The summed E-state index contributed by atoms with van der Waals surface area (Å²) in [5.41, 5.74) is 1.55. The number of nitrogens with one attached hydrogen (secondary N) is 1. The minimum Gasteiger partial charge on any atom is -0.374 e. The van der Waals surface area contributed by atoms with Crippen molar-refractivity contribution >= 4 is 0 Å². The van der Waals surface area contributed by atoms with E-state index >= 15 is 0 Å². The van der Waals surface area contributed by atoms with E-state index in [4.69, 9.17) is 4.74 Å². The van der Waals surface area contributed by atoms with Crippen molar-refractivity contribution in [3.8, 4) is 0 Å². The Morgan fingerprint density at radius 3 is 2.80 bits per heavy atom. The first-order valence-corrected chi connectivity index (χ1v) is 8.17. The fraction of sp³-hybridized carbons (Fsp3) is 0.667. The molecule has 1 saturated carbocycles. The Morgan fingerprint density at radius 2 is 2.15 bits per heavy atom. The summed E-state index contributed by atoms with van der Waals surface area (Å²) in [4.78, 5) is 0. The number of benzene rings is 1. The lowest BCUT2D eigenvalue weighted by molar-refractivity contribution is -0.0183. The van der Waals surface area contributed by atoms with Gasteiger partial charge in [0.15, 0.2) is 0 Å². The van der Waals surface area contributed by atoms with Crippen molar-refractivity contribution in [1.29, 1.82) is 0 Å². The Morgan fingerprint density at radius 1 is 1.35 bits per heavy atom. The van der Waals surface area contributed by atoms with Crippen molar-refractivity contribution in [1.82, 2.24) is 5.32 Å². The van der Waals surface area contributed by atoms with E-state index in [1.54, 1.807) is 0 Å². The maximum Gasteiger partial charge on any atom is 0.0810 e. The van der Waals surface area contributed by atoms with Crippen LogP contribution in [-0.4, -0.2) is 24.8 Å². The summed E-state index contributed by atoms with van der Waals surface area (Å²) < 4.78 is 6.12. The largest absolute Gasteiger partial charge is 0.374 e. The predicted octanol–water partition coefficient (Wildman–Crippen LogP) is 3.73. The van der Waals surface area contributed by atoms with E-state index in [2.05, 4.69) is 49.5 Å². The molecule has 0 spiro atoms. The van der Waals surface area contributed by atoms with Crippen molar-refractivity contribution in [2.45, 2.75) is 57.1 Å². The molecule has 1 N–H and O–H groups in total. The van der Waals surface area contributed by atoms with Gasteiger partial charge in [-0.25, -0.2) is 0 Å². The molecule has 2 nitrogen and oxygen atoms in total. The van der Waals surface area contributed by atoms with Crippen LogP contribution in [0.25, 0.3) is 0 Å².